The van der Waals surface area contributed by atoms with Crippen molar-refractivity contribution in [3.63, 3.8) is 0 Å². The molecule has 0 N–H and O–H groups in total. The summed E-state index contributed by atoms with van der Waals surface area (Å²) in [5, 5.41) is 11.1. The Labute approximate surface area is 157 Å². The largest absolute Gasteiger partial charge is 0.497 e. The van der Waals surface area contributed by atoms with Crippen LogP contribution in [0.2, 0.25) is 0 Å². The third kappa shape index (κ3) is 4.86. The maximum absolute atomic E-state index is 12.6. The van der Waals surface area contributed by atoms with Crippen LogP contribution in [-0.2, 0) is 10.0 Å². The fourth-order valence-corrected chi connectivity index (χ4v) is 3.41. The van der Waals surface area contributed by atoms with Crippen LogP contribution in [0.3, 0.4) is 0 Å². The fraction of sp³-hybridized carbons (Fsp3) is 0.294. The first-order valence-corrected chi connectivity index (χ1v) is 9.29. The van der Waals surface area contributed by atoms with Crippen LogP contribution >= 0.6 is 0 Å². The zero-order valence-electron chi connectivity index (χ0n) is 15.1. The van der Waals surface area contributed by atoms with Crippen molar-refractivity contribution in [3.05, 3.63) is 52.6 Å². The minimum atomic E-state index is -3.91. The lowest BCUT2D eigenvalue weighted by Gasteiger charge is -2.17. The molecule has 10 heteroatoms. The highest BCUT2D eigenvalue weighted by molar-refractivity contribution is 7.89. The number of nitrogens with zero attached hydrogens (tertiary/aromatic N) is 2. The predicted molar refractivity (Wildman–Crippen MR) is 98.0 cm³/mol. The van der Waals surface area contributed by atoms with Gasteiger partial charge in [0.1, 0.15) is 18.1 Å². The van der Waals surface area contributed by atoms with Crippen molar-refractivity contribution in [1.29, 1.82) is 0 Å². The van der Waals surface area contributed by atoms with Gasteiger partial charge in [0.25, 0.3) is 0 Å². The smallest absolute Gasteiger partial charge is 0.312 e. The molecule has 0 aliphatic rings. The van der Waals surface area contributed by atoms with Gasteiger partial charge in [0.15, 0.2) is 5.75 Å². The Hall–Kier alpha value is -2.85. The highest BCUT2D eigenvalue weighted by Gasteiger charge is 2.25. The molecule has 0 radical (unpaired) electrons. The van der Waals surface area contributed by atoms with Crippen LogP contribution in [0.15, 0.2) is 47.4 Å². The molecule has 0 aromatic heterocycles. The summed E-state index contributed by atoms with van der Waals surface area (Å²) in [5.74, 6) is 1.24. The number of likely N-dealkylation sites (N-methyl/N-ethyl adjacent to an activating group) is 1. The number of benzene rings is 2. The van der Waals surface area contributed by atoms with Crippen LogP contribution in [0.4, 0.5) is 5.69 Å². The third-order valence-electron chi connectivity index (χ3n) is 3.79. The van der Waals surface area contributed by atoms with Crippen molar-refractivity contribution in [2.45, 2.75) is 4.90 Å². The van der Waals surface area contributed by atoms with Crippen LogP contribution < -0.4 is 14.2 Å². The predicted octanol–water partition coefficient (Wildman–Crippen LogP) is 2.31. The van der Waals surface area contributed by atoms with Gasteiger partial charge in [-0.15, -0.1) is 0 Å². The van der Waals surface area contributed by atoms with Gasteiger partial charge in [-0.2, -0.15) is 4.31 Å². The lowest BCUT2D eigenvalue weighted by molar-refractivity contribution is -0.386. The highest BCUT2D eigenvalue weighted by Crippen LogP contribution is 2.30. The first-order valence-electron chi connectivity index (χ1n) is 7.85. The number of nitro benzene ring substituents is 1. The van der Waals surface area contributed by atoms with Crippen molar-refractivity contribution in [1.82, 2.24) is 4.31 Å². The fourth-order valence-electron chi connectivity index (χ4n) is 2.24. The molecule has 2 aromatic carbocycles. The van der Waals surface area contributed by atoms with Gasteiger partial charge in [0.2, 0.25) is 10.0 Å². The van der Waals surface area contributed by atoms with Crippen molar-refractivity contribution < 1.29 is 27.6 Å². The maximum atomic E-state index is 12.6. The van der Waals surface area contributed by atoms with E-state index >= 15 is 0 Å². The average Bonchev–Trinajstić information content (AvgIpc) is 2.67. The number of sulfonamides is 1. The second-order valence-corrected chi connectivity index (χ2v) is 7.49. The van der Waals surface area contributed by atoms with Crippen LogP contribution in [0.1, 0.15) is 0 Å². The molecule has 0 saturated carbocycles. The van der Waals surface area contributed by atoms with Crippen molar-refractivity contribution in [3.8, 4) is 17.2 Å². The molecule has 9 nitrogen and oxygen atoms in total. The number of methoxy groups -OCH3 is 2. The summed E-state index contributed by atoms with van der Waals surface area (Å²) in [6.07, 6.45) is 0. The van der Waals surface area contributed by atoms with E-state index in [1.807, 2.05) is 0 Å². The van der Waals surface area contributed by atoms with Gasteiger partial charge in [-0.25, -0.2) is 8.42 Å². The van der Waals surface area contributed by atoms with Gasteiger partial charge >= 0.3 is 5.69 Å². The molecule has 0 amide bonds. The summed E-state index contributed by atoms with van der Waals surface area (Å²) >= 11 is 0. The number of rotatable bonds is 9. The lowest BCUT2D eigenvalue weighted by Crippen LogP contribution is -2.31. The second kappa shape index (κ2) is 8.69. The number of hydrogen-bond donors (Lipinski definition) is 0. The second-order valence-electron chi connectivity index (χ2n) is 5.44. The topological polar surface area (TPSA) is 108 Å². The van der Waals surface area contributed by atoms with Crippen LogP contribution in [0.25, 0.3) is 0 Å². The summed E-state index contributed by atoms with van der Waals surface area (Å²) < 4.78 is 41.8. The normalized spacial score (nSPS) is 11.3. The molecule has 27 heavy (non-hydrogen) atoms. The summed E-state index contributed by atoms with van der Waals surface area (Å²) in [6.45, 7) is 0.175. The molecule has 2 aromatic rings. The molecule has 146 valence electrons. The van der Waals surface area contributed by atoms with E-state index < -0.39 is 20.6 Å². The molecule has 0 saturated heterocycles. The van der Waals surface area contributed by atoms with Gasteiger partial charge in [-0.05, 0) is 36.4 Å². The van der Waals surface area contributed by atoms with E-state index in [9.17, 15) is 18.5 Å². The summed E-state index contributed by atoms with van der Waals surface area (Å²) in [4.78, 5) is 10.2. The Kier molecular flexibility index (Phi) is 6.59. The summed E-state index contributed by atoms with van der Waals surface area (Å²) in [5.41, 5.74) is -0.415. The first-order chi connectivity index (χ1) is 12.8. The molecule has 0 fully saturated rings. The Morgan fingerprint density at radius 3 is 2.22 bits per heavy atom. The molecular weight excluding hydrogens is 376 g/mol. The van der Waals surface area contributed by atoms with E-state index in [0.717, 1.165) is 10.4 Å². The minimum absolute atomic E-state index is 0.00978. The Morgan fingerprint density at radius 2 is 1.67 bits per heavy atom. The average molecular weight is 396 g/mol. The van der Waals surface area contributed by atoms with Crippen LogP contribution in [0, 0.1) is 10.1 Å². The van der Waals surface area contributed by atoms with E-state index in [2.05, 4.69) is 0 Å². The molecular formula is C17H20N2O7S. The molecule has 2 rings (SSSR count). The van der Waals surface area contributed by atoms with Crippen molar-refractivity contribution in [2.24, 2.45) is 0 Å². The van der Waals surface area contributed by atoms with Gasteiger partial charge < -0.3 is 14.2 Å². The zero-order valence-corrected chi connectivity index (χ0v) is 15.9. The first kappa shape index (κ1) is 20.5. The summed E-state index contributed by atoms with van der Waals surface area (Å²) in [7, 11) is 0.298. The lowest BCUT2D eigenvalue weighted by atomic mass is 10.3. The monoisotopic (exact) mass is 396 g/mol. The van der Waals surface area contributed by atoms with Crippen LogP contribution in [0.5, 0.6) is 17.2 Å². The highest BCUT2D eigenvalue weighted by atomic mass is 32.2. The molecule has 0 heterocycles. The molecule has 0 atom stereocenters. The SMILES string of the molecule is COc1ccc(OCCN(C)S(=O)(=O)c2ccc(OC)c([N+](=O)[O-])c2)cc1. The van der Waals surface area contributed by atoms with E-state index in [-0.39, 0.29) is 23.8 Å². The van der Waals surface area contributed by atoms with Crippen LogP contribution in [-0.4, -0.2) is 52.1 Å². The quantitative estimate of drug-likeness (QED) is 0.473. The van der Waals surface area contributed by atoms with Gasteiger partial charge in [0, 0.05) is 19.7 Å². The molecule has 0 unspecified atom stereocenters. The summed E-state index contributed by atoms with van der Waals surface area (Å²) in [6, 6.07) is 10.4. The van der Waals surface area contributed by atoms with Gasteiger partial charge in [-0.1, -0.05) is 0 Å². The number of hydrogen-bond acceptors (Lipinski definition) is 7. The van der Waals surface area contributed by atoms with Crippen molar-refractivity contribution in [2.75, 3.05) is 34.4 Å². The Morgan fingerprint density at radius 1 is 1.04 bits per heavy atom. The third-order valence-corrected chi connectivity index (χ3v) is 5.64. The zero-order chi connectivity index (χ0) is 20.0. The molecule has 0 bridgehead atoms. The minimum Gasteiger partial charge on any atom is -0.497 e. The van der Waals surface area contributed by atoms with E-state index in [1.54, 1.807) is 31.4 Å². The Bertz CT molecular complexity index is 898. The van der Waals surface area contributed by atoms with E-state index in [1.165, 1.54) is 26.3 Å². The van der Waals surface area contributed by atoms with Gasteiger partial charge in [-0.3, -0.25) is 10.1 Å². The van der Waals surface area contributed by atoms with Crippen molar-refractivity contribution >= 4 is 15.7 Å². The molecule has 0 spiro atoms. The van der Waals surface area contributed by atoms with E-state index in [0.29, 0.717) is 11.5 Å². The van der Waals surface area contributed by atoms with Gasteiger partial charge in [0.05, 0.1) is 24.0 Å². The van der Waals surface area contributed by atoms with E-state index in [4.69, 9.17) is 14.2 Å². The standard InChI is InChI=1S/C17H20N2O7S/c1-18(10-11-26-14-6-4-13(24-2)5-7-14)27(22,23)15-8-9-17(25-3)16(12-15)19(20)21/h4-9,12H,10-11H2,1-3H3. The number of ether oxygens (including phenoxy) is 3. The maximum Gasteiger partial charge on any atom is 0.312 e. The molecule has 0 aliphatic heterocycles. The number of nitro groups is 1. The molecule has 0 aliphatic carbocycles. The Balaban J connectivity index is 2.06.